The lowest BCUT2D eigenvalue weighted by atomic mass is 9.88. The first-order valence-corrected chi connectivity index (χ1v) is 9.01. The molecule has 0 bridgehead atoms. The fourth-order valence-electron chi connectivity index (χ4n) is 3.63. The number of aliphatic hydroxyl groups excluding tert-OH is 8. The summed E-state index contributed by atoms with van der Waals surface area (Å²) in [7, 11) is 0. The van der Waals surface area contributed by atoms with E-state index in [9.17, 15) is 40.9 Å². The lowest BCUT2D eigenvalue weighted by Crippen LogP contribution is -2.55. The highest BCUT2D eigenvalue weighted by Gasteiger charge is 2.45. The molecule has 10 heteroatoms. The van der Waals surface area contributed by atoms with E-state index in [-0.39, 0.29) is 0 Å². The number of hydrogen-bond donors (Lipinski definition) is 8. The Morgan fingerprint density at radius 3 is 1.14 bits per heavy atom. The van der Waals surface area contributed by atoms with Crippen LogP contribution in [0.1, 0.15) is 23.3 Å². The van der Waals surface area contributed by atoms with Crippen molar-refractivity contribution in [2.75, 3.05) is 13.2 Å². The molecule has 1 aromatic carbocycles. The summed E-state index contributed by atoms with van der Waals surface area (Å²) in [6.45, 7) is -1.07. The molecule has 28 heavy (non-hydrogen) atoms. The molecule has 2 aliphatic heterocycles. The van der Waals surface area contributed by atoms with E-state index in [0.29, 0.717) is 11.1 Å². The molecule has 1 aromatic rings. The molecule has 2 fully saturated rings. The Morgan fingerprint density at radius 2 is 0.857 bits per heavy atom. The predicted molar refractivity (Wildman–Crippen MR) is 91.9 cm³/mol. The zero-order chi connectivity index (χ0) is 20.6. The van der Waals surface area contributed by atoms with Gasteiger partial charge in [0.1, 0.15) is 61.0 Å². The van der Waals surface area contributed by atoms with Crippen molar-refractivity contribution in [1.29, 1.82) is 0 Å². The molecule has 0 radical (unpaired) electrons. The van der Waals surface area contributed by atoms with E-state index in [4.69, 9.17) is 9.47 Å². The molecule has 0 unspecified atom stereocenters. The van der Waals surface area contributed by atoms with Crippen molar-refractivity contribution in [3.8, 4) is 0 Å². The normalized spacial score (nSPS) is 44.4. The Hall–Kier alpha value is -1.18. The Labute approximate surface area is 160 Å². The van der Waals surface area contributed by atoms with E-state index >= 15 is 0 Å². The molecule has 0 amide bonds. The first kappa shape index (κ1) is 21.5. The minimum Gasteiger partial charge on any atom is -0.394 e. The predicted octanol–water partition coefficient (Wildman–Crippen LogP) is -3.28. The maximum absolute atomic E-state index is 10.2. The molecule has 2 aliphatic rings. The van der Waals surface area contributed by atoms with Crippen LogP contribution in [-0.2, 0) is 9.47 Å². The van der Waals surface area contributed by atoms with Crippen LogP contribution in [0.15, 0.2) is 24.3 Å². The molecule has 2 saturated heterocycles. The molecular formula is C18H26O10. The average molecular weight is 402 g/mol. The van der Waals surface area contributed by atoms with Crippen LogP contribution in [-0.4, -0.2) is 103 Å². The van der Waals surface area contributed by atoms with Crippen molar-refractivity contribution in [2.24, 2.45) is 0 Å². The summed E-state index contributed by atoms with van der Waals surface area (Å²) >= 11 is 0. The van der Waals surface area contributed by atoms with Gasteiger partial charge >= 0.3 is 0 Å². The Kier molecular flexibility index (Phi) is 6.67. The van der Waals surface area contributed by atoms with E-state index in [1.165, 1.54) is 0 Å². The highest BCUT2D eigenvalue weighted by Crippen LogP contribution is 2.35. The molecule has 0 aromatic heterocycles. The van der Waals surface area contributed by atoms with E-state index in [0.717, 1.165) is 0 Å². The minimum atomic E-state index is -1.50. The smallest absolute Gasteiger partial charge is 0.113 e. The van der Waals surface area contributed by atoms with Crippen molar-refractivity contribution in [3.05, 3.63) is 35.4 Å². The highest BCUT2D eigenvalue weighted by atomic mass is 16.6. The van der Waals surface area contributed by atoms with Crippen LogP contribution in [0, 0.1) is 0 Å². The molecular weight excluding hydrogens is 376 g/mol. The van der Waals surface area contributed by atoms with Crippen molar-refractivity contribution < 1.29 is 50.3 Å². The van der Waals surface area contributed by atoms with Crippen LogP contribution in [0.25, 0.3) is 0 Å². The standard InChI is InChI=1S/C18H26O10/c19-5-9-11(21)13(23)15(25)17(27-9)7-1-2-8(4-3-7)18-16(26)14(24)12(22)10(6-20)28-18/h1-4,9-26H,5-6H2/t9-,10-,11-,12-,13+,14+,15-,16+,17-,18-/m1/s1. The second kappa shape index (κ2) is 8.67. The Bertz CT molecular complexity index is 581. The van der Waals surface area contributed by atoms with Gasteiger partial charge in [0.2, 0.25) is 0 Å². The van der Waals surface area contributed by atoms with E-state index in [1.54, 1.807) is 24.3 Å². The molecule has 8 N–H and O–H groups in total. The molecule has 2 heterocycles. The van der Waals surface area contributed by atoms with Gasteiger partial charge in [-0.25, -0.2) is 0 Å². The fraction of sp³-hybridized carbons (Fsp3) is 0.667. The lowest BCUT2D eigenvalue weighted by Gasteiger charge is -2.41. The highest BCUT2D eigenvalue weighted by molar-refractivity contribution is 5.28. The Balaban J connectivity index is 1.79. The van der Waals surface area contributed by atoms with Gasteiger partial charge in [0.25, 0.3) is 0 Å². The SMILES string of the molecule is OC[C@H]1O[C@H](c2ccc([C@H]3O[C@H](CO)[C@@H](O)[C@H](O)[C@@H]3O)cc2)[C@H](O)[C@@H](O)[C@@H]1O. The lowest BCUT2D eigenvalue weighted by molar-refractivity contribution is -0.232. The summed E-state index contributed by atoms with van der Waals surface area (Å²) in [4.78, 5) is 0. The second-order valence-electron chi connectivity index (χ2n) is 7.17. The van der Waals surface area contributed by atoms with Crippen molar-refractivity contribution >= 4 is 0 Å². The van der Waals surface area contributed by atoms with E-state index in [1.807, 2.05) is 0 Å². The summed E-state index contributed by atoms with van der Waals surface area (Å²) < 4.78 is 11.0. The molecule has 0 aliphatic carbocycles. The van der Waals surface area contributed by atoms with Crippen LogP contribution in [0.2, 0.25) is 0 Å². The number of hydrogen-bond acceptors (Lipinski definition) is 10. The van der Waals surface area contributed by atoms with Gasteiger partial charge in [-0.15, -0.1) is 0 Å². The molecule has 10 atom stereocenters. The minimum absolute atomic E-state index is 0.449. The monoisotopic (exact) mass is 402 g/mol. The maximum Gasteiger partial charge on any atom is 0.113 e. The largest absolute Gasteiger partial charge is 0.394 e. The third kappa shape index (κ3) is 3.81. The molecule has 10 nitrogen and oxygen atoms in total. The molecule has 0 saturated carbocycles. The Morgan fingerprint density at radius 1 is 0.536 bits per heavy atom. The zero-order valence-corrected chi connectivity index (χ0v) is 14.9. The number of aliphatic hydroxyl groups is 8. The van der Waals surface area contributed by atoms with Gasteiger partial charge in [-0.3, -0.25) is 0 Å². The van der Waals surface area contributed by atoms with Crippen LogP contribution in [0.5, 0.6) is 0 Å². The number of ether oxygens (including phenoxy) is 2. The summed E-state index contributed by atoms with van der Waals surface area (Å²) in [6, 6.07) is 6.18. The third-order valence-electron chi connectivity index (χ3n) is 5.38. The van der Waals surface area contributed by atoms with Crippen LogP contribution >= 0.6 is 0 Å². The summed E-state index contributed by atoms with van der Waals surface area (Å²) in [6.07, 6.45) is -12.8. The van der Waals surface area contributed by atoms with Gasteiger partial charge in [-0.2, -0.15) is 0 Å². The topological polar surface area (TPSA) is 180 Å². The van der Waals surface area contributed by atoms with Crippen LogP contribution in [0.4, 0.5) is 0 Å². The number of rotatable bonds is 4. The average Bonchev–Trinajstić information content (AvgIpc) is 2.71. The van der Waals surface area contributed by atoms with Gasteiger partial charge in [0.15, 0.2) is 0 Å². The number of benzene rings is 1. The van der Waals surface area contributed by atoms with Crippen molar-refractivity contribution in [1.82, 2.24) is 0 Å². The van der Waals surface area contributed by atoms with E-state index < -0.39 is 74.3 Å². The quantitative estimate of drug-likeness (QED) is 0.254. The molecule has 0 spiro atoms. The first-order chi connectivity index (χ1) is 13.3. The van der Waals surface area contributed by atoms with Gasteiger partial charge in [-0.05, 0) is 11.1 Å². The van der Waals surface area contributed by atoms with Gasteiger partial charge in [0, 0.05) is 0 Å². The summed E-state index contributed by atoms with van der Waals surface area (Å²) in [5, 5.41) is 78.5. The van der Waals surface area contributed by atoms with Gasteiger partial charge in [0.05, 0.1) is 13.2 Å². The summed E-state index contributed by atoms with van der Waals surface area (Å²) in [5.41, 5.74) is 0.899. The van der Waals surface area contributed by atoms with Crippen molar-refractivity contribution in [3.63, 3.8) is 0 Å². The van der Waals surface area contributed by atoms with Crippen molar-refractivity contribution in [2.45, 2.75) is 61.0 Å². The van der Waals surface area contributed by atoms with Gasteiger partial charge < -0.3 is 50.3 Å². The molecule has 3 rings (SSSR count). The maximum atomic E-state index is 10.2. The first-order valence-electron chi connectivity index (χ1n) is 9.01. The van der Waals surface area contributed by atoms with Crippen LogP contribution in [0.3, 0.4) is 0 Å². The summed E-state index contributed by atoms with van der Waals surface area (Å²) in [5.74, 6) is 0. The van der Waals surface area contributed by atoms with Crippen LogP contribution < -0.4 is 0 Å². The third-order valence-corrected chi connectivity index (χ3v) is 5.38. The second-order valence-corrected chi connectivity index (χ2v) is 7.17. The van der Waals surface area contributed by atoms with Gasteiger partial charge in [-0.1, -0.05) is 24.3 Å². The molecule has 158 valence electrons. The van der Waals surface area contributed by atoms with E-state index in [2.05, 4.69) is 0 Å². The zero-order valence-electron chi connectivity index (χ0n) is 14.9. The fourth-order valence-corrected chi connectivity index (χ4v) is 3.63.